The molecule has 0 saturated heterocycles. The molecule has 6 heteroatoms. The van der Waals surface area contributed by atoms with Crippen molar-refractivity contribution in [2.45, 2.75) is 33.4 Å². The number of anilines is 5. The Morgan fingerprint density at radius 1 is 0.614 bits per heavy atom. The number of nitrogens with zero attached hydrogens (tertiary/aromatic N) is 1. The van der Waals surface area contributed by atoms with E-state index in [4.69, 9.17) is 4.74 Å². The van der Waals surface area contributed by atoms with Gasteiger partial charge in [0.05, 0.1) is 11.4 Å². The van der Waals surface area contributed by atoms with E-state index >= 15 is 0 Å². The van der Waals surface area contributed by atoms with Crippen molar-refractivity contribution in [1.29, 1.82) is 0 Å². The first-order chi connectivity index (χ1) is 21.6. The zero-order valence-electron chi connectivity index (χ0n) is 24.3. The van der Waals surface area contributed by atoms with Gasteiger partial charge in [0.15, 0.2) is 18.8 Å². The Balaban J connectivity index is 1.28. The molecule has 0 aromatic heterocycles. The summed E-state index contributed by atoms with van der Waals surface area (Å²) in [6.45, 7) is 4.38. The minimum absolute atomic E-state index is 0.835. The topological polar surface area (TPSA) is 24.5 Å². The summed E-state index contributed by atoms with van der Waals surface area (Å²) in [5, 5.41) is 3.86. The van der Waals surface area contributed by atoms with Gasteiger partial charge >= 0.3 is 0 Å². The van der Waals surface area contributed by atoms with Gasteiger partial charge in [0, 0.05) is 42.2 Å². The first-order valence-corrected chi connectivity index (χ1v) is 16.5. The molecule has 0 bridgehead atoms. The van der Waals surface area contributed by atoms with Crippen LogP contribution in [0.15, 0.2) is 135 Å². The second-order valence-corrected chi connectivity index (χ2v) is 13.8. The molecule has 210 valence electrons. The van der Waals surface area contributed by atoms with Crippen LogP contribution in [-0.4, -0.2) is 7.28 Å². The standard InChI is InChI=1S/C38H27BN2OS2/c1-22-18-25(37-30(19-22)41-29-13-5-6-14-31(29)42-32-15-9-11-26(39-37)38(32)41)24-20-35-36(44-34-17-8-7-16-33(34)43-35)21-28(24)40-27-12-4-3-10-23(27)2/h3-21,39-40H,1-2H3. The van der Waals surface area contributed by atoms with Gasteiger partial charge in [0.2, 0.25) is 0 Å². The largest absolute Gasteiger partial charge is 0.453 e. The molecule has 0 saturated carbocycles. The summed E-state index contributed by atoms with van der Waals surface area (Å²) in [6.07, 6.45) is 0. The molecule has 6 aromatic carbocycles. The van der Waals surface area contributed by atoms with Crippen molar-refractivity contribution >= 4 is 70.2 Å². The molecule has 3 heterocycles. The quantitative estimate of drug-likeness (QED) is 0.203. The number of fused-ring (bicyclic) bond motifs is 6. The molecule has 0 radical (unpaired) electrons. The molecule has 0 fully saturated rings. The van der Waals surface area contributed by atoms with E-state index in [0.717, 1.165) is 41.5 Å². The fourth-order valence-electron chi connectivity index (χ4n) is 6.64. The molecule has 3 aliphatic rings. The number of benzene rings is 6. The van der Waals surface area contributed by atoms with E-state index < -0.39 is 0 Å². The maximum Gasteiger partial charge on any atom is 0.198 e. The minimum atomic E-state index is 0.835. The second-order valence-electron chi connectivity index (χ2n) is 11.6. The van der Waals surface area contributed by atoms with Gasteiger partial charge in [-0.1, -0.05) is 89.7 Å². The Kier molecular flexibility index (Phi) is 5.90. The molecule has 0 spiro atoms. The third-order valence-electron chi connectivity index (χ3n) is 8.69. The van der Waals surface area contributed by atoms with Crippen LogP contribution in [0.1, 0.15) is 11.1 Å². The molecule has 44 heavy (non-hydrogen) atoms. The summed E-state index contributed by atoms with van der Waals surface area (Å²) < 4.78 is 6.42. The zero-order valence-corrected chi connectivity index (χ0v) is 26.0. The number of nitrogens with one attached hydrogen (secondary N) is 1. The molecule has 0 amide bonds. The lowest BCUT2D eigenvalue weighted by molar-refractivity contribution is 0.477. The lowest BCUT2D eigenvalue weighted by Gasteiger charge is -2.39. The van der Waals surface area contributed by atoms with Crippen LogP contribution in [0.5, 0.6) is 11.5 Å². The molecule has 0 unspecified atom stereocenters. The average Bonchev–Trinajstić information content (AvgIpc) is 3.04. The number of rotatable bonds is 3. The number of hydrogen-bond donors (Lipinski definition) is 1. The van der Waals surface area contributed by atoms with Crippen LogP contribution in [0.2, 0.25) is 0 Å². The molecule has 6 aromatic rings. The Hall–Kier alpha value is -4.52. The van der Waals surface area contributed by atoms with Crippen LogP contribution < -0.4 is 25.9 Å². The molecule has 1 N–H and O–H groups in total. The lowest BCUT2D eigenvalue weighted by Crippen LogP contribution is -2.42. The molecular formula is C38H27BN2OS2. The normalized spacial score (nSPS) is 13.4. The molecule has 0 aliphatic carbocycles. The Labute approximate surface area is 266 Å². The van der Waals surface area contributed by atoms with E-state index in [1.165, 1.54) is 58.4 Å². The number of aryl methyl sites for hydroxylation is 2. The van der Waals surface area contributed by atoms with Crippen molar-refractivity contribution in [3.05, 3.63) is 126 Å². The summed E-state index contributed by atoms with van der Waals surface area (Å²) in [4.78, 5) is 7.63. The maximum atomic E-state index is 6.42. The first-order valence-electron chi connectivity index (χ1n) is 14.9. The number of para-hydroxylation sites is 4. The monoisotopic (exact) mass is 602 g/mol. The van der Waals surface area contributed by atoms with E-state index in [9.17, 15) is 0 Å². The third kappa shape index (κ3) is 4.09. The highest BCUT2D eigenvalue weighted by atomic mass is 32.2. The summed E-state index contributed by atoms with van der Waals surface area (Å²) in [5.41, 5.74) is 13.3. The smallest absolute Gasteiger partial charge is 0.198 e. The van der Waals surface area contributed by atoms with Crippen molar-refractivity contribution in [2.75, 3.05) is 10.2 Å². The predicted octanol–water partition coefficient (Wildman–Crippen LogP) is 9.61. The number of hydrogen-bond acceptors (Lipinski definition) is 5. The molecular weight excluding hydrogens is 575 g/mol. The summed E-state index contributed by atoms with van der Waals surface area (Å²) >= 11 is 3.73. The van der Waals surface area contributed by atoms with Gasteiger partial charge in [-0.3, -0.25) is 0 Å². The fourth-order valence-corrected chi connectivity index (χ4v) is 8.91. The van der Waals surface area contributed by atoms with Crippen molar-refractivity contribution in [3.63, 3.8) is 0 Å². The van der Waals surface area contributed by atoms with Gasteiger partial charge < -0.3 is 15.0 Å². The summed E-state index contributed by atoms with van der Waals surface area (Å²) in [6, 6.07) is 41.6. The van der Waals surface area contributed by atoms with Crippen LogP contribution in [0.4, 0.5) is 28.4 Å². The van der Waals surface area contributed by atoms with Gasteiger partial charge in [-0.15, -0.1) is 0 Å². The van der Waals surface area contributed by atoms with Crippen LogP contribution in [0.25, 0.3) is 11.1 Å². The highest BCUT2D eigenvalue weighted by molar-refractivity contribution is 8.05. The number of ether oxygens (including phenoxy) is 1. The van der Waals surface area contributed by atoms with E-state index in [0.29, 0.717) is 0 Å². The maximum absolute atomic E-state index is 6.42. The Bertz CT molecular complexity index is 2160. The van der Waals surface area contributed by atoms with Crippen molar-refractivity contribution in [3.8, 4) is 22.6 Å². The van der Waals surface area contributed by atoms with Crippen LogP contribution >= 0.6 is 23.5 Å². The highest BCUT2D eigenvalue weighted by Crippen LogP contribution is 2.53. The average molecular weight is 603 g/mol. The summed E-state index contributed by atoms with van der Waals surface area (Å²) in [5.74, 6) is 1.80. The molecule has 3 aliphatic heterocycles. The van der Waals surface area contributed by atoms with Gasteiger partial charge in [0.1, 0.15) is 0 Å². The van der Waals surface area contributed by atoms with E-state index in [1.807, 2.05) is 29.6 Å². The Morgan fingerprint density at radius 2 is 1.34 bits per heavy atom. The first kappa shape index (κ1) is 25.9. The van der Waals surface area contributed by atoms with Crippen LogP contribution in [0.3, 0.4) is 0 Å². The molecule has 0 atom stereocenters. The fraction of sp³-hybridized carbons (Fsp3) is 0.0526. The SMILES string of the molecule is Cc1cc(-c2cc3c(cc2Nc2ccccc2C)Sc2ccccc2S3)c2c(c1)N1c3ccccc3Oc3cccc(c31)B2. The van der Waals surface area contributed by atoms with Gasteiger partial charge in [0.25, 0.3) is 0 Å². The van der Waals surface area contributed by atoms with Gasteiger partial charge in [-0.05, 0) is 90.6 Å². The van der Waals surface area contributed by atoms with E-state index in [1.54, 1.807) is 0 Å². The Morgan fingerprint density at radius 3 is 2.18 bits per heavy atom. The van der Waals surface area contributed by atoms with Crippen molar-refractivity contribution < 1.29 is 4.74 Å². The lowest BCUT2D eigenvalue weighted by atomic mass is 9.58. The summed E-state index contributed by atoms with van der Waals surface area (Å²) in [7, 11) is 0.835. The molecule has 9 rings (SSSR count). The predicted molar refractivity (Wildman–Crippen MR) is 187 cm³/mol. The van der Waals surface area contributed by atoms with Crippen molar-refractivity contribution in [2.24, 2.45) is 0 Å². The third-order valence-corrected chi connectivity index (χ3v) is 11.2. The van der Waals surface area contributed by atoms with E-state index in [2.05, 4.69) is 133 Å². The second kappa shape index (κ2) is 10.0. The van der Waals surface area contributed by atoms with Crippen molar-refractivity contribution in [1.82, 2.24) is 0 Å². The highest BCUT2D eigenvalue weighted by Gasteiger charge is 2.35. The van der Waals surface area contributed by atoms with Crippen LogP contribution in [0, 0.1) is 13.8 Å². The van der Waals surface area contributed by atoms with Gasteiger partial charge in [-0.2, -0.15) is 0 Å². The molecule has 3 nitrogen and oxygen atoms in total. The van der Waals surface area contributed by atoms with Gasteiger partial charge in [-0.25, -0.2) is 0 Å². The van der Waals surface area contributed by atoms with Crippen LogP contribution in [-0.2, 0) is 0 Å². The zero-order chi connectivity index (χ0) is 29.4. The van der Waals surface area contributed by atoms with E-state index in [-0.39, 0.29) is 0 Å². The minimum Gasteiger partial charge on any atom is -0.453 e.